The first-order valence-electron chi connectivity index (χ1n) is 9.40. The van der Waals surface area contributed by atoms with Crippen molar-refractivity contribution in [1.82, 2.24) is 5.32 Å². The van der Waals surface area contributed by atoms with E-state index in [-0.39, 0.29) is 42.4 Å². The standard InChI is InChI=1S/C22H20FN3O3/c1-12-13(2)21(28)25-19-10-16(5-8-18(12)19)24-22(29)14-9-20(27)26(11-14)17-6-3-15(23)4-7-17/h3-8,10,14,18H,9,11H2,1-2H3,(H,25,28). The Morgan fingerprint density at radius 1 is 1.21 bits per heavy atom. The maximum absolute atomic E-state index is 13.1. The first-order valence-corrected chi connectivity index (χ1v) is 9.40. The quantitative estimate of drug-likeness (QED) is 0.839. The van der Waals surface area contributed by atoms with Crippen LogP contribution in [-0.2, 0) is 14.4 Å². The number of carbonyl (C=O) groups excluding carboxylic acids is 3. The summed E-state index contributed by atoms with van der Waals surface area (Å²) in [5.41, 5.74) is 3.37. The van der Waals surface area contributed by atoms with Crippen molar-refractivity contribution in [2.75, 3.05) is 11.4 Å². The Hall–Kier alpha value is -3.35. The van der Waals surface area contributed by atoms with Gasteiger partial charge in [0.1, 0.15) is 5.82 Å². The number of nitrogens with one attached hydrogen (secondary N) is 1. The molecule has 2 heterocycles. The van der Waals surface area contributed by atoms with Gasteiger partial charge >= 0.3 is 0 Å². The van der Waals surface area contributed by atoms with Crippen LogP contribution in [0.25, 0.3) is 0 Å². The van der Waals surface area contributed by atoms with Crippen molar-refractivity contribution in [3.05, 3.63) is 65.2 Å². The smallest absolute Gasteiger partial charge is 0.251 e. The van der Waals surface area contributed by atoms with E-state index >= 15 is 0 Å². The molecule has 29 heavy (non-hydrogen) atoms. The lowest BCUT2D eigenvalue weighted by molar-refractivity contribution is -0.123. The van der Waals surface area contributed by atoms with E-state index in [1.165, 1.54) is 29.2 Å². The van der Waals surface area contributed by atoms with E-state index in [2.05, 4.69) is 10.3 Å². The normalized spacial score (nSPS) is 25.3. The maximum Gasteiger partial charge on any atom is 0.251 e. The third kappa shape index (κ3) is 3.55. The molecule has 2 atom stereocenters. The number of benzene rings is 1. The topological polar surface area (TPSA) is 78.8 Å². The van der Waals surface area contributed by atoms with Gasteiger partial charge in [0.05, 0.1) is 11.6 Å². The molecule has 2 unspecified atom stereocenters. The third-order valence-electron chi connectivity index (χ3n) is 5.61. The van der Waals surface area contributed by atoms with Gasteiger partial charge in [0, 0.05) is 35.8 Å². The van der Waals surface area contributed by atoms with E-state index in [9.17, 15) is 18.8 Å². The van der Waals surface area contributed by atoms with E-state index in [1.54, 1.807) is 19.1 Å². The summed E-state index contributed by atoms with van der Waals surface area (Å²) >= 11 is 0. The van der Waals surface area contributed by atoms with Gasteiger partial charge in [-0.05, 0) is 50.3 Å². The van der Waals surface area contributed by atoms with Crippen molar-refractivity contribution in [3.8, 4) is 0 Å². The van der Waals surface area contributed by atoms with Crippen LogP contribution >= 0.6 is 0 Å². The number of anilines is 1. The summed E-state index contributed by atoms with van der Waals surface area (Å²) < 4.78 is 13.1. The highest BCUT2D eigenvalue weighted by molar-refractivity contribution is 6.12. The molecule has 4 rings (SSSR count). The van der Waals surface area contributed by atoms with Gasteiger partial charge in [-0.1, -0.05) is 11.6 Å². The second kappa shape index (κ2) is 7.24. The summed E-state index contributed by atoms with van der Waals surface area (Å²) in [7, 11) is 0. The molecular weight excluding hydrogens is 373 g/mol. The molecule has 1 aliphatic carbocycles. The molecule has 3 amide bonds. The van der Waals surface area contributed by atoms with E-state index in [1.807, 2.05) is 13.0 Å². The van der Waals surface area contributed by atoms with Crippen molar-refractivity contribution in [2.45, 2.75) is 20.3 Å². The largest absolute Gasteiger partial charge is 0.325 e. The minimum atomic E-state index is -0.561. The fraction of sp³-hybridized carbons (Fsp3) is 0.273. The lowest BCUT2D eigenvalue weighted by Crippen LogP contribution is -2.35. The second-order valence-corrected chi connectivity index (χ2v) is 7.46. The fourth-order valence-electron chi connectivity index (χ4n) is 3.76. The van der Waals surface area contributed by atoms with Crippen molar-refractivity contribution >= 4 is 29.1 Å². The van der Waals surface area contributed by atoms with Gasteiger partial charge in [0.25, 0.3) is 11.8 Å². The molecule has 1 aromatic carbocycles. The number of hydrogen-bond acceptors (Lipinski definition) is 3. The van der Waals surface area contributed by atoms with Crippen LogP contribution in [0.4, 0.5) is 10.1 Å². The zero-order valence-electron chi connectivity index (χ0n) is 16.1. The summed E-state index contributed by atoms with van der Waals surface area (Å²) in [6, 6.07) is 5.60. The van der Waals surface area contributed by atoms with Crippen molar-refractivity contribution in [2.24, 2.45) is 16.8 Å². The Bertz CT molecular complexity index is 1030. The third-order valence-corrected chi connectivity index (χ3v) is 5.61. The molecule has 0 spiro atoms. The Morgan fingerprint density at radius 3 is 2.66 bits per heavy atom. The molecule has 0 radical (unpaired) electrons. The Kier molecular flexibility index (Phi) is 4.74. The van der Waals surface area contributed by atoms with Crippen molar-refractivity contribution in [3.63, 3.8) is 0 Å². The lowest BCUT2D eigenvalue weighted by atomic mass is 9.85. The van der Waals surface area contributed by atoms with Gasteiger partial charge in [-0.25, -0.2) is 9.38 Å². The number of carbonyl (C=O) groups is 3. The molecular formula is C22H20FN3O3. The summed E-state index contributed by atoms with van der Waals surface area (Å²) in [6.07, 6.45) is 5.43. The van der Waals surface area contributed by atoms with E-state index < -0.39 is 5.92 Å². The SMILES string of the molecule is CC1=C(C)C2C=CC(=NC(=O)C3CC(=O)N(c4ccc(F)cc4)C3)C=C2NC1=O. The molecule has 6 nitrogen and oxygen atoms in total. The number of halogens is 1. The minimum absolute atomic E-state index is 0.0243. The van der Waals surface area contributed by atoms with Crippen LogP contribution in [0.15, 0.2) is 64.3 Å². The molecule has 0 bridgehead atoms. The molecule has 1 saturated heterocycles. The van der Waals surface area contributed by atoms with Crippen LogP contribution in [0, 0.1) is 17.7 Å². The van der Waals surface area contributed by atoms with E-state index in [0.717, 1.165) is 5.57 Å². The highest BCUT2D eigenvalue weighted by atomic mass is 19.1. The first kappa shape index (κ1) is 19.0. The van der Waals surface area contributed by atoms with Gasteiger partial charge in [-0.15, -0.1) is 0 Å². The monoisotopic (exact) mass is 393 g/mol. The van der Waals surface area contributed by atoms with Gasteiger partial charge in [0.15, 0.2) is 0 Å². The Labute approximate surface area is 167 Å². The Morgan fingerprint density at radius 2 is 1.93 bits per heavy atom. The van der Waals surface area contributed by atoms with Crippen LogP contribution < -0.4 is 10.2 Å². The first-order chi connectivity index (χ1) is 13.8. The second-order valence-electron chi connectivity index (χ2n) is 7.46. The van der Waals surface area contributed by atoms with Gasteiger partial charge in [0.2, 0.25) is 5.91 Å². The molecule has 0 aromatic heterocycles. The number of hydrogen-bond donors (Lipinski definition) is 1. The highest BCUT2D eigenvalue weighted by Crippen LogP contribution is 2.30. The zero-order chi connectivity index (χ0) is 20.7. The lowest BCUT2D eigenvalue weighted by Gasteiger charge is -2.28. The van der Waals surface area contributed by atoms with Crippen LogP contribution in [0.2, 0.25) is 0 Å². The fourth-order valence-corrected chi connectivity index (χ4v) is 3.76. The summed E-state index contributed by atoms with van der Waals surface area (Å²) in [4.78, 5) is 42.6. The van der Waals surface area contributed by atoms with Crippen molar-refractivity contribution in [1.29, 1.82) is 0 Å². The van der Waals surface area contributed by atoms with Gasteiger partial charge in [-0.2, -0.15) is 0 Å². The number of nitrogens with zero attached hydrogens (tertiary/aromatic N) is 2. The Balaban J connectivity index is 1.50. The predicted octanol–water partition coefficient (Wildman–Crippen LogP) is 2.68. The molecule has 0 saturated carbocycles. The van der Waals surface area contributed by atoms with Crippen molar-refractivity contribution < 1.29 is 18.8 Å². The van der Waals surface area contributed by atoms with E-state index in [0.29, 0.717) is 22.7 Å². The average molecular weight is 393 g/mol. The summed E-state index contributed by atoms with van der Waals surface area (Å²) in [5, 5.41) is 2.84. The number of allylic oxidation sites excluding steroid dienone is 3. The molecule has 7 heteroatoms. The molecule has 1 N–H and O–H groups in total. The van der Waals surface area contributed by atoms with Gasteiger partial charge < -0.3 is 10.2 Å². The maximum atomic E-state index is 13.1. The number of rotatable bonds is 2. The van der Waals surface area contributed by atoms with E-state index in [4.69, 9.17) is 0 Å². The van der Waals surface area contributed by atoms with Crippen LogP contribution in [0.5, 0.6) is 0 Å². The molecule has 1 fully saturated rings. The molecule has 1 aromatic rings. The molecule has 3 aliphatic rings. The predicted molar refractivity (Wildman–Crippen MR) is 107 cm³/mol. The molecule has 148 valence electrons. The summed E-state index contributed by atoms with van der Waals surface area (Å²) in [6.45, 7) is 3.91. The number of fused-ring (bicyclic) bond motifs is 1. The van der Waals surface area contributed by atoms with Crippen LogP contribution in [-0.4, -0.2) is 30.0 Å². The molecule has 2 aliphatic heterocycles. The highest BCUT2D eigenvalue weighted by Gasteiger charge is 2.35. The zero-order valence-corrected chi connectivity index (χ0v) is 16.1. The van der Waals surface area contributed by atoms with Crippen LogP contribution in [0.1, 0.15) is 20.3 Å². The van der Waals surface area contributed by atoms with Gasteiger partial charge in [-0.3, -0.25) is 14.4 Å². The minimum Gasteiger partial charge on any atom is -0.325 e. The number of amides is 3. The van der Waals surface area contributed by atoms with Crippen LogP contribution in [0.3, 0.4) is 0 Å². The summed E-state index contributed by atoms with van der Waals surface area (Å²) in [5.74, 6) is -1.70. The average Bonchev–Trinajstić information content (AvgIpc) is 3.08. The number of aliphatic imine (C=N–C) groups is 1.